The molecule has 2 N–H and O–H groups in total. The highest BCUT2D eigenvalue weighted by atomic mass is 16.2. The number of carbonyl (C=O) groups is 4. The Morgan fingerprint density at radius 1 is 0.880 bits per heavy atom. The molecule has 1 aromatic heterocycles. The first kappa shape index (κ1) is 36.7. The zero-order valence-electron chi connectivity index (χ0n) is 30.4. The van der Waals surface area contributed by atoms with Crippen molar-refractivity contribution in [1.29, 1.82) is 0 Å². The van der Waals surface area contributed by atoms with Crippen molar-refractivity contribution in [3.8, 4) is 11.4 Å². The number of fused-ring (bicyclic) bond motifs is 1. The van der Waals surface area contributed by atoms with Gasteiger partial charge < -0.3 is 20.4 Å². The number of carbonyl (C=O) groups excluding carboxylic acids is 4. The maximum Gasteiger partial charge on any atom is 0.253 e. The van der Waals surface area contributed by atoms with Crippen LogP contribution in [-0.4, -0.2) is 80.4 Å². The largest absolute Gasteiger partial charge is 0.345 e. The summed E-state index contributed by atoms with van der Waals surface area (Å²) in [6.07, 6.45) is 2.32. The smallest absolute Gasteiger partial charge is 0.253 e. The van der Waals surface area contributed by atoms with Gasteiger partial charge in [0.05, 0.1) is 12.6 Å². The molecule has 1 fully saturated rings. The van der Waals surface area contributed by atoms with Crippen molar-refractivity contribution >= 4 is 23.6 Å². The van der Waals surface area contributed by atoms with Gasteiger partial charge in [0.15, 0.2) is 5.82 Å². The molecule has 4 amide bonds. The fourth-order valence-corrected chi connectivity index (χ4v) is 6.76. The highest BCUT2D eigenvalue weighted by Crippen LogP contribution is 2.26. The van der Waals surface area contributed by atoms with Gasteiger partial charge in [-0.15, -0.1) is 0 Å². The number of piperidine rings is 1. The van der Waals surface area contributed by atoms with Crippen molar-refractivity contribution in [2.24, 2.45) is 11.8 Å². The summed E-state index contributed by atoms with van der Waals surface area (Å²) in [5.41, 5.74) is 2.70. The Balaban J connectivity index is 1.32. The van der Waals surface area contributed by atoms with Gasteiger partial charge in [0.2, 0.25) is 17.7 Å². The Bertz CT molecular complexity index is 1640. The SMILES string of the molecule is CC(C)C[C@H]1NC(=O)CCCN(C(=O)C2CCN(C(=O)c3ccc(C(C)(C)C)cc3)CC2)CCn2nc(-c3ccccc3)nc2[C@@H](C)NC1=O. The molecule has 5 rings (SSSR count). The molecule has 0 radical (unpaired) electrons. The van der Waals surface area contributed by atoms with Crippen LogP contribution in [-0.2, 0) is 26.3 Å². The Kier molecular flexibility index (Phi) is 11.8. The molecular weight excluding hydrogens is 630 g/mol. The van der Waals surface area contributed by atoms with Crippen LogP contribution in [0.5, 0.6) is 0 Å². The van der Waals surface area contributed by atoms with Crippen LogP contribution in [0.2, 0.25) is 0 Å². The predicted octanol–water partition coefficient (Wildman–Crippen LogP) is 5.13. The number of likely N-dealkylation sites (tertiary alicyclic amines) is 1. The van der Waals surface area contributed by atoms with Crippen molar-refractivity contribution in [3.05, 3.63) is 71.5 Å². The number of rotatable bonds is 5. The molecule has 0 unspecified atom stereocenters. The minimum atomic E-state index is -0.681. The van der Waals surface area contributed by atoms with E-state index in [1.54, 1.807) is 4.68 Å². The van der Waals surface area contributed by atoms with Crippen LogP contribution in [0.3, 0.4) is 0 Å². The predicted molar refractivity (Wildman–Crippen MR) is 193 cm³/mol. The lowest BCUT2D eigenvalue weighted by molar-refractivity contribution is -0.137. The fraction of sp³-hybridized carbons (Fsp3) is 0.538. The van der Waals surface area contributed by atoms with Gasteiger partial charge in [-0.1, -0.05) is 77.1 Å². The summed E-state index contributed by atoms with van der Waals surface area (Å²) in [4.78, 5) is 62.4. The topological polar surface area (TPSA) is 130 Å². The Labute approximate surface area is 296 Å². The standard InChI is InChI=1S/C39H53N7O4/c1-26(2)25-32-36(48)40-27(3)35-42-34(28-11-8-7-9-12-28)43-46(35)24-23-44(20-10-13-33(47)41-32)38(50)30-18-21-45(22-19-30)37(49)29-14-16-31(17-15-29)39(4,5)6/h7-9,11-12,14-17,26-27,30,32H,10,13,18-25H2,1-6H3,(H,40,48)(H,41,47)/t27-,32-/m1/s1. The van der Waals surface area contributed by atoms with Crippen LogP contribution >= 0.6 is 0 Å². The van der Waals surface area contributed by atoms with Crippen molar-refractivity contribution < 1.29 is 19.2 Å². The van der Waals surface area contributed by atoms with Gasteiger partial charge in [0, 0.05) is 49.6 Å². The summed E-state index contributed by atoms with van der Waals surface area (Å²) < 4.78 is 1.79. The lowest BCUT2D eigenvalue weighted by Gasteiger charge is -2.34. The molecule has 2 atom stereocenters. The van der Waals surface area contributed by atoms with E-state index >= 15 is 0 Å². The number of benzene rings is 2. The van der Waals surface area contributed by atoms with Crippen LogP contribution in [0.1, 0.15) is 101 Å². The molecule has 50 heavy (non-hydrogen) atoms. The van der Waals surface area contributed by atoms with Gasteiger partial charge in [-0.3, -0.25) is 19.2 Å². The molecule has 0 aliphatic carbocycles. The Morgan fingerprint density at radius 2 is 1.56 bits per heavy atom. The fourth-order valence-electron chi connectivity index (χ4n) is 6.76. The zero-order chi connectivity index (χ0) is 36.0. The molecule has 268 valence electrons. The van der Waals surface area contributed by atoms with E-state index in [2.05, 4.69) is 31.4 Å². The van der Waals surface area contributed by atoms with Crippen molar-refractivity contribution in [1.82, 2.24) is 35.2 Å². The quantitative estimate of drug-likeness (QED) is 0.384. The van der Waals surface area contributed by atoms with E-state index in [0.29, 0.717) is 75.6 Å². The van der Waals surface area contributed by atoms with Crippen LogP contribution < -0.4 is 10.6 Å². The zero-order valence-corrected chi connectivity index (χ0v) is 30.4. The molecule has 2 aliphatic rings. The second-order valence-corrected chi connectivity index (χ2v) is 15.2. The van der Waals surface area contributed by atoms with E-state index < -0.39 is 12.1 Å². The van der Waals surface area contributed by atoms with Crippen LogP contribution in [0.15, 0.2) is 54.6 Å². The van der Waals surface area contributed by atoms with Crippen molar-refractivity contribution in [2.45, 2.75) is 97.7 Å². The third-order valence-electron chi connectivity index (χ3n) is 9.69. The Hall–Kier alpha value is -4.54. The molecule has 11 nitrogen and oxygen atoms in total. The van der Waals surface area contributed by atoms with Gasteiger partial charge in [-0.25, -0.2) is 9.67 Å². The first-order valence-corrected chi connectivity index (χ1v) is 18.1. The maximum atomic E-state index is 14.1. The van der Waals surface area contributed by atoms with Gasteiger partial charge in [-0.05, 0) is 61.6 Å². The van der Waals surface area contributed by atoms with Crippen LogP contribution in [0, 0.1) is 11.8 Å². The summed E-state index contributed by atoms with van der Waals surface area (Å²) in [5, 5.41) is 10.8. The lowest BCUT2D eigenvalue weighted by atomic mass is 9.86. The van der Waals surface area contributed by atoms with Gasteiger partial charge in [0.1, 0.15) is 11.9 Å². The van der Waals surface area contributed by atoms with Crippen molar-refractivity contribution in [3.63, 3.8) is 0 Å². The molecule has 3 heterocycles. The molecular formula is C39H53N7O4. The average Bonchev–Trinajstić information content (AvgIpc) is 3.53. The van der Waals surface area contributed by atoms with Crippen LogP contribution in [0.4, 0.5) is 0 Å². The van der Waals surface area contributed by atoms with Gasteiger partial charge in [0.25, 0.3) is 5.91 Å². The maximum absolute atomic E-state index is 14.1. The normalized spacial score (nSPS) is 20.1. The number of nitrogens with one attached hydrogen (secondary N) is 2. The van der Waals surface area contributed by atoms with E-state index in [4.69, 9.17) is 10.1 Å². The number of hydrogen-bond acceptors (Lipinski definition) is 6. The first-order chi connectivity index (χ1) is 23.8. The minimum absolute atomic E-state index is 0.00872. The van der Waals surface area contributed by atoms with Gasteiger partial charge >= 0.3 is 0 Å². The van der Waals surface area contributed by atoms with E-state index in [1.807, 2.05) is 85.2 Å². The second kappa shape index (κ2) is 16.0. The summed E-state index contributed by atoms with van der Waals surface area (Å²) in [6, 6.07) is 16.3. The molecule has 0 bridgehead atoms. The minimum Gasteiger partial charge on any atom is -0.345 e. The summed E-state index contributed by atoms with van der Waals surface area (Å²) in [6.45, 7) is 14.5. The third kappa shape index (κ3) is 9.17. The molecule has 0 spiro atoms. The first-order valence-electron chi connectivity index (χ1n) is 18.1. The number of hydrogen-bond donors (Lipinski definition) is 2. The van der Waals surface area contributed by atoms with E-state index in [1.165, 1.54) is 5.56 Å². The average molecular weight is 684 g/mol. The summed E-state index contributed by atoms with van der Waals surface area (Å²) in [7, 11) is 0. The van der Waals surface area contributed by atoms with Gasteiger partial charge in [-0.2, -0.15) is 5.10 Å². The van der Waals surface area contributed by atoms with E-state index in [-0.39, 0.29) is 47.3 Å². The molecule has 0 saturated carbocycles. The van der Waals surface area contributed by atoms with Crippen LogP contribution in [0.25, 0.3) is 11.4 Å². The van der Waals surface area contributed by atoms with Crippen molar-refractivity contribution in [2.75, 3.05) is 26.2 Å². The van der Waals surface area contributed by atoms with E-state index in [9.17, 15) is 19.2 Å². The highest BCUT2D eigenvalue weighted by molar-refractivity contribution is 5.94. The third-order valence-corrected chi connectivity index (χ3v) is 9.69. The molecule has 2 aromatic carbocycles. The Morgan fingerprint density at radius 3 is 2.20 bits per heavy atom. The number of nitrogens with zero attached hydrogens (tertiary/aromatic N) is 5. The monoisotopic (exact) mass is 683 g/mol. The number of amides is 4. The molecule has 11 heteroatoms. The highest BCUT2D eigenvalue weighted by Gasteiger charge is 2.32. The number of aromatic nitrogens is 3. The second-order valence-electron chi connectivity index (χ2n) is 15.2. The summed E-state index contributed by atoms with van der Waals surface area (Å²) in [5.74, 6) is 0.653. The van der Waals surface area contributed by atoms with E-state index in [0.717, 1.165) is 5.56 Å². The summed E-state index contributed by atoms with van der Waals surface area (Å²) >= 11 is 0. The molecule has 3 aromatic rings. The lowest BCUT2D eigenvalue weighted by Crippen LogP contribution is -2.49. The molecule has 2 aliphatic heterocycles. The molecule has 1 saturated heterocycles.